The lowest BCUT2D eigenvalue weighted by atomic mass is 10.0. The van der Waals surface area contributed by atoms with Gasteiger partial charge in [0.25, 0.3) is 0 Å². The molecule has 6 nitrogen and oxygen atoms in total. The Hall–Kier alpha value is -2.74. The number of aromatic nitrogens is 1. The molecule has 2 aromatic carbocycles. The molecule has 0 aliphatic rings. The van der Waals surface area contributed by atoms with Crippen molar-refractivity contribution in [2.45, 2.75) is 18.9 Å². The molecule has 1 aromatic heterocycles. The third-order valence-electron chi connectivity index (χ3n) is 4.71. The molecule has 7 heteroatoms. The van der Waals surface area contributed by atoms with Crippen LogP contribution in [0.3, 0.4) is 0 Å². The summed E-state index contributed by atoms with van der Waals surface area (Å²) in [6.07, 6.45) is -0.653. The molecule has 0 fully saturated rings. The van der Waals surface area contributed by atoms with E-state index in [0.717, 1.165) is 22.7 Å². The van der Waals surface area contributed by atoms with E-state index in [2.05, 4.69) is 22.0 Å². The summed E-state index contributed by atoms with van der Waals surface area (Å²) in [5, 5.41) is 16.6. The quantitative estimate of drug-likeness (QED) is 0.480. The average molecular weight is 427 g/mol. The molecule has 2 unspecified atom stereocenters. The largest absolute Gasteiger partial charge is 0.482 e. The van der Waals surface area contributed by atoms with Crippen LogP contribution in [0.15, 0.2) is 60.0 Å². The first-order chi connectivity index (χ1) is 14.6. The Morgan fingerprint density at radius 3 is 2.57 bits per heavy atom. The second-order valence-corrected chi connectivity index (χ2v) is 7.81. The van der Waals surface area contributed by atoms with Gasteiger partial charge in [-0.3, -0.25) is 0 Å². The number of carbonyl (C=O) groups is 1. The van der Waals surface area contributed by atoms with Crippen molar-refractivity contribution in [3.63, 3.8) is 0 Å². The van der Waals surface area contributed by atoms with E-state index in [4.69, 9.17) is 4.74 Å². The van der Waals surface area contributed by atoms with E-state index in [0.29, 0.717) is 18.0 Å². The number of ether oxygens (including phenoxy) is 2. The Bertz CT molecular complexity index is 928. The summed E-state index contributed by atoms with van der Waals surface area (Å²) < 4.78 is 9.92. The minimum Gasteiger partial charge on any atom is -0.482 e. The summed E-state index contributed by atoms with van der Waals surface area (Å²) in [7, 11) is 1.33. The van der Waals surface area contributed by atoms with Gasteiger partial charge in [-0.2, -0.15) is 0 Å². The van der Waals surface area contributed by atoms with Gasteiger partial charge in [-0.15, -0.1) is 11.3 Å². The van der Waals surface area contributed by atoms with Crippen LogP contribution in [-0.2, 0) is 9.53 Å². The molecule has 158 valence electrons. The summed E-state index contributed by atoms with van der Waals surface area (Å²) in [6, 6.07) is 17.6. The molecule has 1 heterocycles. The Labute approximate surface area is 180 Å². The van der Waals surface area contributed by atoms with Crippen molar-refractivity contribution in [1.82, 2.24) is 10.3 Å². The van der Waals surface area contributed by atoms with Gasteiger partial charge in [0, 0.05) is 24.0 Å². The highest BCUT2D eigenvalue weighted by Gasteiger charge is 2.14. The van der Waals surface area contributed by atoms with Crippen LogP contribution in [0.25, 0.3) is 10.6 Å². The molecular formula is C23H26N2O4S. The average Bonchev–Trinajstić information content (AvgIpc) is 3.28. The van der Waals surface area contributed by atoms with Crippen LogP contribution >= 0.6 is 11.3 Å². The lowest BCUT2D eigenvalue weighted by Crippen LogP contribution is -2.25. The second-order valence-electron chi connectivity index (χ2n) is 6.95. The molecular weight excluding hydrogens is 400 g/mol. The van der Waals surface area contributed by atoms with Crippen LogP contribution in [0.2, 0.25) is 0 Å². The fourth-order valence-corrected chi connectivity index (χ4v) is 3.78. The smallest absolute Gasteiger partial charge is 0.343 e. The molecule has 0 aliphatic carbocycles. The molecule has 0 amide bonds. The molecule has 2 atom stereocenters. The lowest BCUT2D eigenvalue weighted by Gasteiger charge is -2.15. The molecule has 2 N–H and O–H groups in total. The number of hydrogen-bond donors (Lipinski definition) is 2. The number of thiazole rings is 1. The van der Waals surface area contributed by atoms with Gasteiger partial charge in [-0.05, 0) is 23.6 Å². The number of nitrogens with one attached hydrogen (secondary N) is 1. The fraction of sp³-hybridized carbons (Fsp3) is 0.304. The summed E-state index contributed by atoms with van der Waals surface area (Å²) in [6.45, 7) is 3.16. The van der Waals surface area contributed by atoms with Crippen molar-refractivity contribution in [3.8, 4) is 16.3 Å². The van der Waals surface area contributed by atoms with Crippen LogP contribution in [0, 0.1) is 0 Å². The third-order valence-corrected chi connectivity index (χ3v) is 5.62. The van der Waals surface area contributed by atoms with Gasteiger partial charge in [0.2, 0.25) is 0 Å². The number of esters is 1. The maximum absolute atomic E-state index is 11.1. The first-order valence-electron chi connectivity index (χ1n) is 9.76. The van der Waals surface area contributed by atoms with E-state index in [9.17, 15) is 9.90 Å². The lowest BCUT2D eigenvalue weighted by molar-refractivity contribution is -0.142. The number of carbonyl (C=O) groups excluding carboxylic acids is 1. The highest BCUT2D eigenvalue weighted by atomic mass is 32.1. The van der Waals surface area contributed by atoms with Crippen molar-refractivity contribution in [2.24, 2.45) is 0 Å². The number of methoxy groups -OCH3 is 1. The first kappa shape index (κ1) is 22.0. The van der Waals surface area contributed by atoms with E-state index >= 15 is 0 Å². The Balaban J connectivity index is 1.45. The van der Waals surface area contributed by atoms with Gasteiger partial charge >= 0.3 is 5.97 Å². The van der Waals surface area contributed by atoms with E-state index in [-0.39, 0.29) is 12.5 Å². The SMILES string of the molecule is COC(=O)COc1ccc(C(C)CNCC(O)c2csc(-c3ccccc3)n2)cc1. The van der Waals surface area contributed by atoms with Crippen molar-refractivity contribution in [1.29, 1.82) is 0 Å². The molecule has 0 radical (unpaired) electrons. The minimum absolute atomic E-state index is 0.104. The molecule has 0 saturated heterocycles. The van der Waals surface area contributed by atoms with Crippen molar-refractivity contribution in [2.75, 3.05) is 26.8 Å². The number of hydrogen-bond acceptors (Lipinski definition) is 7. The van der Waals surface area contributed by atoms with Crippen LogP contribution in [0.5, 0.6) is 5.75 Å². The van der Waals surface area contributed by atoms with E-state index in [1.54, 1.807) is 0 Å². The zero-order valence-electron chi connectivity index (χ0n) is 17.1. The molecule has 0 bridgehead atoms. The van der Waals surface area contributed by atoms with Crippen LogP contribution < -0.4 is 10.1 Å². The van der Waals surface area contributed by atoms with Crippen LogP contribution in [0.4, 0.5) is 0 Å². The minimum atomic E-state index is -0.653. The predicted molar refractivity (Wildman–Crippen MR) is 118 cm³/mol. The van der Waals surface area contributed by atoms with Gasteiger partial charge in [0.05, 0.1) is 12.8 Å². The molecule has 3 aromatic rings. The molecule has 0 spiro atoms. The molecule has 30 heavy (non-hydrogen) atoms. The van der Waals surface area contributed by atoms with Crippen molar-refractivity contribution in [3.05, 3.63) is 71.2 Å². The molecule has 3 rings (SSSR count). The van der Waals surface area contributed by atoms with Crippen LogP contribution in [-0.4, -0.2) is 42.9 Å². The highest BCUT2D eigenvalue weighted by Crippen LogP contribution is 2.26. The van der Waals surface area contributed by atoms with E-state index < -0.39 is 12.1 Å². The molecule has 0 saturated carbocycles. The third kappa shape index (κ3) is 6.13. The van der Waals surface area contributed by atoms with E-state index in [1.807, 2.05) is 60.0 Å². The number of aliphatic hydroxyl groups is 1. The Morgan fingerprint density at radius 2 is 1.87 bits per heavy atom. The zero-order valence-corrected chi connectivity index (χ0v) is 17.9. The maximum Gasteiger partial charge on any atom is 0.343 e. The number of rotatable bonds is 10. The van der Waals surface area contributed by atoms with Gasteiger partial charge in [-0.25, -0.2) is 9.78 Å². The standard InChI is InChI=1S/C23H26N2O4S/c1-16(17-8-10-19(11-9-17)29-14-22(27)28-2)12-24-13-21(26)20-15-30-23(25-20)18-6-4-3-5-7-18/h3-11,15-16,21,24,26H,12-14H2,1-2H3. The van der Waals surface area contributed by atoms with Gasteiger partial charge in [-0.1, -0.05) is 49.4 Å². The number of aliphatic hydroxyl groups excluding tert-OH is 1. The van der Waals surface area contributed by atoms with Gasteiger partial charge in [0.1, 0.15) is 16.9 Å². The Morgan fingerprint density at radius 1 is 1.13 bits per heavy atom. The van der Waals surface area contributed by atoms with Crippen molar-refractivity contribution < 1.29 is 19.4 Å². The molecule has 0 aliphatic heterocycles. The first-order valence-corrected chi connectivity index (χ1v) is 10.6. The monoisotopic (exact) mass is 426 g/mol. The maximum atomic E-state index is 11.1. The normalized spacial score (nSPS) is 12.9. The van der Waals surface area contributed by atoms with Gasteiger partial charge in [0.15, 0.2) is 6.61 Å². The Kier molecular flexibility index (Phi) is 7.96. The summed E-state index contributed by atoms with van der Waals surface area (Å²) >= 11 is 1.54. The van der Waals surface area contributed by atoms with Gasteiger partial charge < -0.3 is 19.9 Å². The summed E-state index contributed by atoms with van der Waals surface area (Å²) in [4.78, 5) is 15.7. The number of benzene rings is 2. The summed E-state index contributed by atoms with van der Waals surface area (Å²) in [5.74, 6) is 0.464. The zero-order chi connectivity index (χ0) is 21.3. The fourth-order valence-electron chi connectivity index (χ4n) is 2.91. The highest BCUT2D eigenvalue weighted by molar-refractivity contribution is 7.13. The topological polar surface area (TPSA) is 80.7 Å². The van der Waals surface area contributed by atoms with Crippen molar-refractivity contribution >= 4 is 17.3 Å². The van der Waals surface area contributed by atoms with E-state index in [1.165, 1.54) is 18.4 Å². The second kappa shape index (κ2) is 10.9. The number of nitrogens with zero attached hydrogens (tertiary/aromatic N) is 1. The van der Waals surface area contributed by atoms with Crippen LogP contribution in [0.1, 0.15) is 30.2 Å². The predicted octanol–water partition coefficient (Wildman–Crippen LogP) is 3.79. The summed E-state index contributed by atoms with van der Waals surface area (Å²) in [5.41, 5.74) is 2.88.